The van der Waals surface area contributed by atoms with Crippen molar-refractivity contribution < 1.29 is 19.0 Å². The van der Waals surface area contributed by atoms with E-state index < -0.39 is 5.97 Å². The molecule has 0 saturated carbocycles. The third-order valence-electron chi connectivity index (χ3n) is 1.86. The fourth-order valence-corrected chi connectivity index (χ4v) is 1.40. The molecule has 86 valence electrons. The van der Waals surface area contributed by atoms with Gasteiger partial charge in [0.05, 0.1) is 4.47 Å². The summed E-state index contributed by atoms with van der Waals surface area (Å²) in [5.41, 5.74) is 0.207. The topological polar surface area (TPSA) is 46.5 Å². The Morgan fingerprint density at radius 1 is 1.62 bits per heavy atom. The van der Waals surface area contributed by atoms with Crippen LogP contribution in [0.1, 0.15) is 6.92 Å². The summed E-state index contributed by atoms with van der Waals surface area (Å²) in [7, 11) is 0. The first-order valence-corrected chi connectivity index (χ1v) is 5.28. The summed E-state index contributed by atoms with van der Waals surface area (Å²) in [4.78, 5) is 10.5. The second kappa shape index (κ2) is 5.65. The number of carboxylic acid groups (broad SMARTS) is 1. The highest BCUT2D eigenvalue weighted by Crippen LogP contribution is 2.25. The van der Waals surface area contributed by atoms with Crippen molar-refractivity contribution in [1.82, 2.24) is 0 Å². The van der Waals surface area contributed by atoms with E-state index in [1.165, 1.54) is 31.2 Å². The molecule has 1 aromatic carbocycles. The molecular formula is C11H10BrFO3. The van der Waals surface area contributed by atoms with Crippen LogP contribution in [0.2, 0.25) is 0 Å². The summed E-state index contributed by atoms with van der Waals surface area (Å²) in [6.45, 7) is 1.60. The maximum atomic E-state index is 12.7. The van der Waals surface area contributed by atoms with Crippen LogP contribution in [0, 0.1) is 5.82 Å². The number of rotatable bonds is 4. The standard InChI is InChI=1S/C11H10BrFO3/c1-7(11(14)15)4-5-16-10-3-2-8(13)6-9(10)12/h2-4,6H,5H2,1H3,(H,14,15)/b7-4+. The minimum Gasteiger partial charge on any atom is -0.488 e. The maximum absolute atomic E-state index is 12.7. The normalized spacial score (nSPS) is 11.3. The van der Waals surface area contributed by atoms with Gasteiger partial charge in [0.2, 0.25) is 0 Å². The Hall–Kier alpha value is -1.36. The molecule has 1 aromatic rings. The van der Waals surface area contributed by atoms with Crippen LogP contribution in [-0.2, 0) is 4.79 Å². The zero-order valence-corrected chi connectivity index (χ0v) is 10.1. The van der Waals surface area contributed by atoms with Gasteiger partial charge in [0.25, 0.3) is 0 Å². The number of carboxylic acids is 1. The fourth-order valence-electron chi connectivity index (χ4n) is 0.936. The van der Waals surface area contributed by atoms with Crippen molar-refractivity contribution in [1.29, 1.82) is 0 Å². The Morgan fingerprint density at radius 3 is 2.88 bits per heavy atom. The maximum Gasteiger partial charge on any atom is 0.331 e. The van der Waals surface area contributed by atoms with Gasteiger partial charge in [-0.25, -0.2) is 9.18 Å². The summed E-state index contributed by atoms with van der Waals surface area (Å²) in [6, 6.07) is 4.03. The number of aliphatic carboxylic acids is 1. The van der Waals surface area contributed by atoms with Crippen LogP contribution in [0.4, 0.5) is 4.39 Å². The van der Waals surface area contributed by atoms with Crippen molar-refractivity contribution in [2.75, 3.05) is 6.61 Å². The molecule has 0 aliphatic rings. The van der Waals surface area contributed by atoms with E-state index in [-0.39, 0.29) is 18.0 Å². The third-order valence-corrected chi connectivity index (χ3v) is 2.48. The number of ether oxygens (including phenoxy) is 1. The summed E-state index contributed by atoms with van der Waals surface area (Å²) in [5.74, 6) is -0.880. The summed E-state index contributed by atoms with van der Waals surface area (Å²) in [5, 5.41) is 8.59. The molecule has 0 spiro atoms. The number of carbonyl (C=O) groups is 1. The number of halogens is 2. The molecule has 0 bridgehead atoms. The first-order valence-electron chi connectivity index (χ1n) is 4.48. The van der Waals surface area contributed by atoms with Gasteiger partial charge >= 0.3 is 5.97 Å². The van der Waals surface area contributed by atoms with Crippen LogP contribution in [0.15, 0.2) is 34.3 Å². The zero-order valence-electron chi connectivity index (χ0n) is 8.54. The molecule has 0 aliphatic heterocycles. The van der Waals surface area contributed by atoms with Gasteiger partial charge in [-0.2, -0.15) is 0 Å². The molecule has 0 saturated heterocycles. The van der Waals surface area contributed by atoms with Crippen molar-refractivity contribution in [2.45, 2.75) is 6.92 Å². The molecule has 5 heteroatoms. The Labute approximate surface area is 101 Å². The second-order valence-corrected chi connectivity index (χ2v) is 3.93. The van der Waals surface area contributed by atoms with E-state index in [0.717, 1.165) is 0 Å². The van der Waals surface area contributed by atoms with Gasteiger partial charge in [-0.05, 0) is 47.1 Å². The van der Waals surface area contributed by atoms with E-state index in [2.05, 4.69) is 15.9 Å². The molecule has 0 fully saturated rings. The minimum absolute atomic E-state index is 0.127. The van der Waals surface area contributed by atoms with Gasteiger partial charge in [0.1, 0.15) is 18.2 Å². The van der Waals surface area contributed by atoms with Crippen molar-refractivity contribution in [3.8, 4) is 5.75 Å². The lowest BCUT2D eigenvalue weighted by Crippen LogP contribution is -2.01. The second-order valence-electron chi connectivity index (χ2n) is 3.08. The van der Waals surface area contributed by atoms with Crippen molar-refractivity contribution in [3.63, 3.8) is 0 Å². The van der Waals surface area contributed by atoms with Crippen LogP contribution in [0.25, 0.3) is 0 Å². The Bertz CT molecular complexity index is 429. The lowest BCUT2D eigenvalue weighted by atomic mass is 10.3. The molecule has 1 rings (SSSR count). The fraction of sp³-hybridized carbons (Fsp3) is 0.182. The first kappa shape index (κ1) is 12.7. The average Bonchev–Trinajstić information content (AvgIpc) is 2.20. The van der Waals surface area contributed by atoms with E-state index in [4.69, 9.17) is 9.84 Å². The molecular weight excluding hydrogens is 279 g/mol. The Kier molecular flexibility index (Phi) is 4.49. The van der Waals surface area contributed by atoms with E-state index in [9.17, 15) is 9.18 Å². The molecule has 0 unspecified atom stereocenters. The highest BCUT2D eigenvalue weighted by Gasteiger charge is 2.02. The van der Waals surface area contributed by atoms with Crippen LogP contribution >= 0.6 is 15.9 Å². The molecule has 0 heterocycles. The summed E-state index contributed by atoms with van der Waals surface area (Å²) < 4.78 is 18.5. The van der Waals surface area contributed by atoms with Crippen molar-refractivity contribution in [2.24, 2.45) is 0 Å². The van der Waals surface area contributed by atoms with Gasteiger partial charge in [-0.3, -0.25) is 0 Å². The van der Waals surface area contributed by atoms with E-state index >= 15 is 0 Å². The molecule has 0 aliphatic carbocycles. The molecule has 0 aromatic heterocycles. The van der Waals surface area contributed by atoms with E-state index in [0.29, 0.717) is 10.2 Å². The largest absolute Gasteiger partial charge is 0.488 e. The van der Waals surface area contributed by atoms with Crippen LogP contribution in [0.3, 0.4) is 0 Å². The summed E-state index contributed by atoms with van der Waals surface area (Å²) >= 11 is 3.14. The van der Waals surface area contributed by atoms with Gasteiger partial charge in [-0.1, -0.05) is 0 Å². The molecule has 0 radical (unpaired) electrons. The van der Waals surface area contributed by atoms with Gasteiger partial charge in [0, 0.05) is 5.57 Å². The monoisotopic (exact) mass is 288 g/mol. The number of hydrogen-bond acceptors (Lipinski definition) is 2. The molecule has 0 atom stereocenters. The lowest BCUT2D eigenvalue weighted by molar-refractivity contribution is -0.132. The van der Waals surface area contributed by atoms with Crippen molar-refractivity contribution >= 4 is 21.9 Å². The van der Waals surface area contributed by atoms with Crippen LogP contribution in [-0.4, -0.2) is 17.7 Å². The Balaban J connectivity index is 2.62. The average molecular weight is 289 g/mol. The summed E-state index contributed by atoms with van der Waals surface area (Å²) in [6.07, 6.45) is 1.44. The Morgan fingerprint density at radius 2 is 2.31 bits per heavy atom. The van der Waals surface area contributed by atoms with Gasteiger partial charge < -0.3 is 9.84 Å². The molecule has 16 heavy (non-hydrogen) atoms. The van der Waals surface area contributed by atoms with Crippen molar-refractivity contribution in [3.05, 3.63) is 40.1 Å². The van der Waals surface area contributed by atoms with E-state index in [1.807, 2.05) is 0 Å². The van der Waals surface area contributed by atoms with E-state index in [1.54, 1.807) is 0 Å². The van der Waals surface area contributed by atoms with Gasteiger partial charge in [0.15, 0.2) is 0 Å². The number of hydrogen-bond donors (Lipinski definition) is 1. The quantitative estimate of drug-likeness (QED) is 0.867. The van der Waals surface area contributed by atoms with Crippen LogP contribution < -0.4 is 4.74 Å². The first-order chi connectivity index (χ1) is 7.50. The SMILES string of the molecule is C/C(=C\COc1ccc(F)cc1Br)C(=O)O. The van der Waals surface area contributed by atoms with Crippen LogP contribution in [0.5, 0.6) is 5.75 Å². The predicted molar refractivity (Wildman–Crippen MR) is 61.0 cm³/mol. The smallest absolute Gasteiger partial charge is 0.331 e. The minimum atomic E-state index is -0.984. The highest BCUT2D eigenvalue weighted by molar-refractivity contribution is 9.10. The highest BCUT2D eigenvalue weighted by atomic mass is 79.9. The molecule has 3 nitrogen and oxygen atoms in total. The molecule has 0 amide bonds. The lowest BCUT2D eigenvalue weighted by Gasteiger charge is -2.05. The zero-order chi connectivity index (χ0) is 12.1. The predicted octanol–water partition coefficient (Wildman–Crippen LogP) is 3.00. The third kappa shape index (κ3) is 3.66. The molecule has 1 N–H and O–H groups in total. The van der Waals surface area contributed by atoms with Gasteiger partial charge in [-0.15, -0.1) is 0 Å². The number of benzene rings is 1.